The van der Waals surface area contributed by atoms with Gasteiger partial charge in [0.25, 0.3) is 5.56 Å². The average Bonchev–Trinajstić information content (AvgIpc) is 3.56. The summed E-state index contributed by atoms with van der Waals surface area (Å²) in [5.74, 6) is 7.59. The first-order valence-electron chi connectivity index (χ1n) is 13.0. The zero-order valence-corrected chi connectivity index (χ0v) is 26.9. The number of rotatable bonds is 14. The quantitative estimate of drug-likeness (QED) is 0.0700. The Bertz CT molecular complexity index is 1680. The number of hydrogen-bond acceptors (Lipinski definition) is 14. The number of phosphoric acid groups is 1. The lowest BCUT2D eigenvalue weighted by molar-refractivity contribution is -0.0224. The van der Waals surface area contributed by atoms with Gasteiger partial charge < -0.3 is 39.7 Å². The molecule has 0 radical (unpaired) electrons. The Balaban J connectivity index is 1.62. The monoisotopic (exact) mass is 688 g/mol. The van der Waals surface area contributed by atoms with Gasteiger partial charge in [0.2, 0.25) is 5.95 Å². The number of aromatic amines is 1. The van der Waals surface area contributed by atoms with E-state index in [2.05, 4.69) is 26.1 Å². The van der Waals surface area contributed by atoms with Crippen LogP contribution in [0.5, 0.6) is 17.2 Å². The zero-order chi connectivity index (χ0) is 32.7. The van der Waals surface area contributed by atoms with Crippen LogP contribution in [0.3, 0.4) is 0 Å². The van der Waals surface area contributed by atoms with Crippen molar-refractivity contribution in [1.82, 2.24) is 14.5 Å². The van der Waals surface area contributed by atoms with Crippen LogP contribution in [0.2, 0.25) is 0 Å². The minimum Gasteiger partial charge on any atom is -0.496 e. The number of ether oxygens (including phenoxy) is 5. The molecule has 0 saturated carbocycles. The van der Waals surface area contributed by atoms with Gasteiger partial charge in [-0.1, -0.05) is 11.8 Å². The highest BCUT2D eigenvalue weighted by atomic mass is 32.2. The summed E-state index contributed by atoms with van der Waals surface area (Å²) in [5, 5.41) is 0.177. The highest BCUT2D eigenvalue weighted by Crippen LogP contribution is 2.51. The van der Waals surface area contributed by atoms with Gasteiger partial charge in [-0.05, 0) is 4.31 Å². The first kappa shape index (κ1) is 34.7. The Hall–Kier alpha value is -3.20. The van der Waals surface area contributed by atoms with E-state index >= 15 is 0 Å². The van der Waals surface area contributed by atoms with E-state index in [0.29, 0.717) is 28.6 Å². The second kappa shape index (κ2) is 15.4. The minimum atomic E-state index is -4.90. The van der Waals surface area contributed by atoms with Crippen molar-refractivity contribution in [3.63, 3.8) is 0 Å². The van der Waals surface area contributed by atoms with E-state index < -0.39 is 46.5 Å². The van der Waals surface area contributed by atoms with Crippen molar-refractivity contribution in [3.8, 4) is 29.1 Å². The molecule has 0 spiro atoms. The summed E-state index contributed by atoms with van der Waals surface area (Å²) in [7, 11) is -3.73. The number of nitrogen functional groups attached to an aromatic ring is 1. The van der Waals surface area contributed by atoms with Crippen molar-refractivity contribution in [3.05, 3.63) is 39.8 Å². The molecule has 0 amide bonds. The largest absolute Gasteiger partial charge is 0.705 e. The predicted molar refractivity (Wildman–Crippen MR) is 163 cm³/mol. The zero-order valence-electron chi connectivity index (χ0n) is 24.3. The molecule has 1 saturated heterocycles. The normalized spacial score (nSPS) is 19.5. The highest BCUT2D eigenvalue weighted by molar-refractivity contribution is 7.98. The molecule has 4 rings (SSSR count). The lowest BCUT2D eigenvalue weighted by Gasteiger charge is -2.24. The fourth-order valence-corrected chi connectivity index (χ4v) is 6.75. The summed E-state index contributed by atoms with van der Waals surface area (Å²) in [6, 6.07) is 2.80. The van der Waals surface area contributed by atoms with E-state index in [1.807, 2.05) is 0 Å². The van der Waals surface area contributed by atoms with E-state index in [1.165, 1.54) is 33.1 Å². The Morgan fingerprint density at radius 2 is 1.98 bits per heavy atom. The van der Waals surface area contributed by atoms with E-state index in [4.69, 9.17) is 44.6 Å². The number of nitrogens with two attached hydrogens (primary N) is 2. The van der Waals surface area contributed by atoms with Gasteiger partial charge in [0.15, 0.2) is 5.65 Å². The molecule has 17 nitrogen and oxygen atoms in total. The van der Waals surface area contributed by atoms with Crippen LogP contribution in [0.25, 0.3) is 11.0 Å². The molecule has 2 unspecified atom stereocenters. The Kier molecular flexibility index (Phi) is 11.9. The molecule has 2 aromatic heterocycles. The molecule has 5 atom stereocenters. The second-order valence-electron chi connectivity index (χ2n) is 9.24. The molecule has 1 fully saturated rings. The standard InChI is InChI=1S/C25H31N5O12P2S/c1-36-15-7-18(37-2)16(19(8-15)38-3)12-45-13-40-22-17(10-39-20(22)11-41-44(34,35)42-43(32)33)30-9-14(5-4-6-26)21-23(30)28-25(27)29-24(21)31/h7-9,17,20,22H,6,10-13,26H2,1-3H3,(H4-,27,28,29,31,32,33,34,35)/p+1/t17-,20-,22+/m1/s1. The van der Waals surface area contributed by atoms with Gasteiger partial charge in [-0.15, -0.1) is 16.7 Å². The average molecular weight is 689 g/mol. The van der Waals surface area contributed by atoms with Gasteiger partial charge in [-0.2, -0.15) is 4.98 Å². The number of H-pyrrole nitrogens is 1. The van der Waals surface area contributed by atoms with Crippen molar-refractivity contribution < 1.29 is 51.4 Å². The topological polar surface area (TPSA) is 242 Å². The predicted octanol–water partition coefficient (Wildman–Crippen LogP) is 1.64. The van der Waals surface area contributed by atoms with E-state index in [9.17, 15) is 18.8 Å². The number of benzene rings is 1. The molecule has 7 N–H and O–H groups in total. The first-order chi connectivity index (χ1) is 21.5. The molecule has 20 heteroatoms. The summed E-state index contributed by atoms with van der Waals surface area (Å²) in [6.07, 6.45) is -0.218. The van der Waals surface area contributed by atoms with E-state index in [1.54, 1.807) is 22.9 Å². The second-order valence-corrected chi connectivity index (χ2v) is 12.5. The summed E-state index contributed by atoms with van der Waals surface area (Å²) >= 11 is 1.37. The lowest BCUT2D eigenvalue weighted by Crippen LogP contribution is -2.34. The van der Waals surface area contributed by atoms with Crippen LogP contribution in [0, 0.1) is 11.8 Å². The van der Waals surface area contributed by atoms with Gasteiger partial charge in [0.05, 0.1) is 64.0 Å². The highest BCUT2D eigenvalue weighted by Gasteiger charge is 2.43. The molecular formula is C25H32N5O12P2S+. The summed E-state index contributed by atoms with van der Waals surface area (Å²) in [4.78, 5) is 38.3. The fourth-order valence-electron chi connectivity index (χ4n) is 4.70. The van der Waals surface area contributed by atoms with E-state index in [-0.39, 0.29) is 36.1 Å². The van der Waals surface area contributed by atoms with Gasteiger partial charge in [-0.25, -0.2) is 4.57 Å². The van der Waals surface area contributed by atoms with Crippen LogP contribution in [0.15, 0.2) is 23.1 Å². The number of nitrogens with zero attached hydrogens (tertiary/aromatic N) is 2. The van der Waals surface area contributed by atoms with Crippen molar-refractivity contribution in [1.29, 1.82) is 0 Å². The van der Waals surface area contributed by atoms with Crippen molar-refractivity contribution in [2.45, 2.75) is 24.0 Å². The number of methoxy groups -OCH3 is 3. The molecule has 1 aliphatic rings. The Morgan fingerprint density at radius 3 is 2.60 bits per heavy atom. The number of anilines is 1. The van der Waals surface area contributed by atoms with Crippen LogP contribution in [-0.4, -0.2) is 83.6 Å². The summed E-state index contributed by atoms with van der Waals surface area (Å²) in [5.41, 5.74) is 12.2. The van der Waals surface area contributed by atoms with Gasteiger partial charge in [0.1, 0.15) is 29.5 Å². The molecule has 0 bridgehead atoms. The molecule has 1 aromatic carbocycles. The lowest BCUT2D eigenvalue weighted by atomic mass is 10.1. The number of hydrogen-bond donors (Lipinski definition) is 5. The molecule has 244 valence electrons. The van der Waals surface area contributed by atoms with Crippen LogP contribution in [0.4, 0.5) is 5.95 Å². The van der Waals surface area contributed by atoms with Crippen molar-refractivity contribution in [2.75, 3.05) is 52.8 Å². The summed E-state index contributed by atoms with van der Waals surface area (Å²) < 4.78 is 62.2. The molecule has 0 aliphatic carbocycles. The number of thioether (sulfide) groups is 1. The van der Waals surface area contributed by atoms with Crippen LogP contribution in [-0.2, 0) is 33.2 Å². The van der Waals surface area contributed by atoms with Crippen LogP contribution in [0.1, 0.15) is 17.2 Å². The summed E-state index contributed by atoms with van der Waals surface area (Å²) in [6.45, 7) is -0.497. The van der Waals surface area contributed by atoms with Crippen LogP contribution < -0.4 is 31.2 Å². The van der Waals surface area contributed by atoms with E-state index in [0.717, 1.165) is 5.56 Å². The van der Waals surface area contributed by atoms with Crippen molar-refractivity contribution in [2.24, 2.45) is 5.73 Å². The van der Waals surface area contributed by atoms with Crippen molar-refractivity contribution >= 4 is 44.8 Å². The van der Waals surface area contributed by atoms with Gasteiger partial charge >= 0.3 is 16.1 Å². The first-order valence-corrected chi connectivity index (χ1v) is 16.8. The Morgan fingerprint density at radius 1 is 1.27 bits per heavy atom. The molecule has 1 aliphatic heterocycles. The Labute approximate surface area is 262 Å². The van der Waals surface area contributed by atoms with Gasteiger partial charge in [0, 0.05) is 34.2 Å². The molecule has 45 heavy (non-hydrogen) atoms. The molecule has 3 heterocycles. The third kappa shape index (κ3) is 8.34. The third-order valence-electron chi connectivity index (χ3n) is 6.59. The fraction of sp³-hybridized carbons (Fsp3) is 0.440. The van der Waals surface area contributed by atoms with Gasteiger partial charge in [-0.3, -0.25) is 19.2 Å². The maximum atomic E-state index is 12.8. The molecular weight excluding hydrogens is 656 g/mol. The SMILES string of the molecule is COc1cc(OC)c(CSCO[C@H]2[C@H](n3cc(C#CCN)c4c(=O)[nH]c(N)nc43)CO[C@@H]2COP(=O)(O)O[P+](=O)O)c(OC)c1. The van der Waals surface area contributed by atoms with Crippen LogP contribution >= 0.6 is 27.8 Å². The maximum Gasteiger partial charge on any atom is 0.705 e. The number of aromatic nitrogens is 3. The third-order valence-corrected chi connectivity index (χ3v) is 9.25. The number of fused-ring (bicyclic) bond motifs is 1. The maximum absolute atomic E-state index is 12.8. The number of nitrogens with one attached hydrogen (secondary N) is 1. The number of phosphoric ester groups is 1. The smallest absolute Gasteiger partial charge is 0.496 e. The minimum absolute atomic E-state index is 0.00371. The molecule has 3 aromatic rings.